The predicted octanol–water partition coefficient (Wildman–Crippen LogP) is 4.48. The van der Waals surface area contributed by atoms with Crippen LogP contribution in [0.2, 0.25) is 0 Å². The number of aromatic nitrogens is 3. The fourth-order valence-corrected chi connectivity index (χ4v) is 4.28. The molecule has 0 atom stereocenters. The first-order valence-electron chi connectivity index (χ1n) is 9.75. The average Bonchev–Trinajstić information content (AvgIpc) is 2.99. The number of aryl methyl sites for hydroxylation is 1. The van der Waals surface area contributed by atoms with E-state index >= 15 is 0 Å². The summed E-state index contributed by atoms with van der Waals surface area (Å²) >= 11 is 2.30. The van der Waals surface area contributed by atoms with Gasteiger partial charge in [-0.1, -0.05) is 0 Å². The van der Waals surface area contributed by atoms with Crippen molar-refractivity contribution in [1.29, 1.82) is 0 Å². The summed E-state index contributed by atoms with van der Waals surface area (Å²) in [4.78, 5) is 29.7. The van der Waals surface area contributed by atoms with E-state index in [0.29, 0.717) is 18.7 Å². The van der Waals surface area contributed by atoms with Crippen molar-refractivity contribution in [2.75, 3.05) is 13.1 Å². The van der Waals surface area contributed by atoms with E-state index in [4.69, 9.17) is 9.84 Å². The minimum absolute atomic E-state index is 0.119. The largest absolute Gasteiger partial charge is 0.444 e. The number of hydrogen-bond acceptors (Lipinski definition) is 5. The molecule has 0 unspecified atom stereocenters. The summed E-state index contributed by atoms with van der Waals surface area (Å²) in [6.45, 7) is 8.68. The SMILES string of the molecule is Cc1cc(C=O)ccc1-n1nc(C2CN(C(=O)OC(C)(C)C)C2)c2c(I)ccnc21. The Morgan fingerprint density at radius 3 is 2.63 bits per heavy atom. The fraction of sp³-hybridized carbons (Fsp3) is 0.364. The van der Waals surface area contributed by atoms with Gasteiger partial charge in [-0.25, -0.2) is 14.5 Å². The van der Waals surface area contributed by atoms with Gasteiger partial charge in [-0.3, -0.25) is 4.79 Å². The number of amides is 1. The first-order chi connectivity index (χ1) is 14.2. The van der Waals surface area contributed by atoms with E-state index < -0.39 is 5.60 Å². The zero-order chi connectivity index (χ0) is 21.6. The summed E-state index contributed by atoms with van der Waals surface area (Å²) in [5.74, 6) is 0.119. The van der Waals surface area contributed by atoms with Crippen LogP contribution in [0.5, 0.6) is 0 Å². The molecule has 0 spiro atoms. The third-order valence-corrected chi connectivity index (χ3v) is 5.95. The van der Waals surface area contributed by atoms with Crippen molar-refractivity contribution in [3.63, 3.8) is 0 Å². The van der Waals surface area contributed by atoms with Crippen molar-refractivity contribution in [2.24, 2.45) is 0 Å². The Kier molecular flexibility index (Phi) is 5.29. The highest BCUT2D eigenvalue weighted by Gasteiger charge is 2.37. The highest BCUT2D eigenvalue weighted by atomic mass is 127. The molecule has 0 radical (unpaired) electrons. The first kappa shape index (κ1) is 20.8. The van der Waals surface area contributed by atoms with Gasteiger partial charge in [0, 0.05) is 34.3 Å². The Balaban J connectivity index is 1.69. The molecule has 30 heavy (non-hydrogen) atoms. The number of hydrogen-bond donors (Lipinski definition) is 0. The zero-order valence-corrected chi connectivity index (χ0v) is 19.5. The standard InChI is InChI=1S/C22H23IN4O3/c1-13-9-14(12-28)5-6-17(13)27-20-18(16(23)7-8-24-20)19(25-27)15-10-26(11-15)21(29)30-22(2,3)4/h5-9,12,15H,10-11H2,1-4H3. The van der Waals surface area contributed by atoms with E-state index in [0.717, 1.165) is 37.8 Å². The predicted molar refractivity (Wildman–Crippen MR) is 122 cm³/mol. The molecule has 8 heteroatoms. The van der Waals surface area contributed by atoms with Crippen LogP contribution in [0.4, 0.5) is 4.79 Å². The van der Waals surface area contributed by atoms with Crippen molar-refractivity contribution in [3.8, 4) is 5.69 Å². The van der Waals surface area contributed by atoms with E-state index in [2.05, 4.69) is 27.6 Å². The number of pyridine rings is 1. The Morgan fingerprint density at radius 1 is 1.27 bits per heavy atom. The monoisotopic (exact) mass is 518 g/mol. The van der Waals surface area contributed by atoms with Gasteiger partial charge in [-0.15, -0.1) is 0 Å². The van der Waals surface area contributed by atoms with Gasteiger partial charge < -0.3 is 9.64 Å². The Morgan fingerprint density at radius 2 is 2.00 bits per heavy atom. The highest BCUT2D eigenvalue weighted by Crippen LogP contribution is 2.35. The molecule has 7 nitrogen and oxygen atoms in total. The smallest absolute Gasteiger partial charge is 0.410 e. The molecule has 3 aromatic rings. The van der Waals surface area contributed by atoms with Crippen molar-refractivity contribution in [2.45, 2.75) is 39.2 Å². The summed E-state index contributed by atoms with van der Waals surface area (Å²) in [5.41, 5.74) is 3.65. The maximum Gasteiger partial charge on any atom is 0.410 e. The number of nitrogens with zero attached hydrogens (tertiary/aromatic N) is 4. The van der Waals surface area contributed by atoms with Gasteiger partial charge in [0.05, 0.1) is 16.8 Å². The van der Waals surface area contributed by atoms with Gasteiger partial charge in [-0.2, -0.15) is 5.10 Å². The molecule has 1 amide bonds. The van der Waals surface area contributed by atoms with Crippen LogP contribution < -0.4 is 0 Å². The molecular weight excluding hydrogens is 495 g/mol. The minimum Gasteiger partial charge on any atom is -0.444 e. The Bertz CT molecular complexity index is 1140. The normalized spacial score (nSPS) is 14.6. The van der Waals surface area contributed by atoms with E-state index in [1.807, 2.05) is 50.6 Å². The van der Waals surface area contributed by atoms with Gasteiger partial charge in [-0.05, 0) is 80.1 Å². The lowest BCUT2D eigenvalue weighted by Gasteiger charge is -2.39. The van der Waals surface area contributed by atoms with Crippen molar-refractivity contribution in [3.05, 3.63) is 50.9 Å². The number of fused-ring (bicyclic) bond motifs is 1. The maximum absolute atomic E-state index is 12.3. The van der Waals surface area contributed by atoms with E-state index in [1.54, 1.807) is 17.2 Å². The van der Waals surface area contributed by atoms with Gasteiger partial charge >= 0.3 is 6.09 Å². The lowest BCUT2D eigenvalue weighted by atomic mass is 9.95. The second-order valence-corrected chi connectivity index (χ2v) is 9.70. The molecule has 2 aromatic heterocycles. The lowest BCUT2D eigenvalue weighted by molar-refractivity contribution is 0.00794. The number of halogens is 1. The van der Waals surface area contributed by atoms with E-state index in [-0.39, 0.29) is 12.0 Å². The minimum atomic E-state index is -0.513. The third-order valence-electron chi connectivity index (χ3n) is 5.05. The van der Waals surface area contributed by atoms with Gasteiger partial charge in [0.15, 0.2) is 5.65 Å². The molecular formula is C22H23IN4O3. The van der Waals surface area contributed by atoms with Gasteiger partial charge in [0.2, 0.25) is 0 Å². The molecule has 1 saturated heterocycles. The molecule has 1 aliphatic heterocycles. The van der Waals surface area contributed by atoms with Crippen LogP contribution in [-0.4, -0.2) is 50.7 Å². The van der Waals surface area contributed by atoms with Crippen LogP contribution in [0.15, 0.2) is 30.5 Å². The number of ether oxygens (including phenoxy) is 1. The second kappa shape index (κ2) is 7.64. The topological polar surface area (TPSA) is 77.3 Å². The van der Waals surface area contributed by atoms with Crippen LogP contribution in [0.3, 0.4) is 0 Å². The molecule has 0 saturated carbocycles. The van der Waals surface area contributed by atoms with Gasteiger partial charge in [0.25, 0.3) is 0 Å². The maximum atomic E-state index is 12.3. The molecule has 4 rings (SSSR count). The Labute approximate surface area is 188 Å². The van der Waals surface area contributed by atoms with E-state index in [1.165, 1.54) is 0 Å². The number of carbonyl (C=O) groups excluding carboxylic acids is 2. The number of carbonyl (C=O) groups is 2. The average molecular weight is 518 g/mol. The number of benzene rings is 1. The fourth-order valence-electron chi connectivity index (χ4n) is 3.60. The van der Waals surface area contributed by atoms with Crippen molar-refractivity contribution in [1.82, 2.24) is 19.7 Å². The van der Waals surface area contributed by atoms with Crippen molar-refractivity contribution >= 4 is 46.0 Å². The van der Waals surface area contributed by atoms with Crippen LogP contribution in [-0.2, 0) is 4.74 Å². The summed E-state index contributed by atoms with van der Waals surface area (Å²) in [7, 11) is 0. The zero-order valence-electron chi connectivity index (χ0n) is 17.3. The number of aldehydes is 1. The molecule has 1 aromatic carbocycles. The lowest BCUT2D eigenvalue weighted by Crippen LogP contribution is -2.50. The first-order valence-corrected chi connectivity index (χ1v) is 10.8. The number of rotatable bonds is 3. The van der Waals surface area contributed by atoms with Crippen LogP contribution >= 0.6 is 22.6 Å². The molecule has 0 bridgehead atoms. The molecule has 1 fully saturated rings. The summed E-state index contributed by atoms with van der Waals surface area (Å²) in [5, 5.41) is 5.91. The number of likely N-dealkylation sites (tertiary alicyclic amines) is 1. The van der Waals surface area contributed by atoms with Crippen LogP contribution in [0.25, 0.3) is 16.7 Å². The molecule has 0 N–H and O–H groups in total. The Hall–Kier alpha value is -2.49. The summed E-state index contributed by atoms with van der Waals surface area (Å²) in [6, 6.07) is 7.48. The molecule has 156 valence electrons. The van der Waals surface area contributed by atoms with Crippen LogP contribution in [0, 0.1) is 10.5 Å². The molecule has 0 aliphatic carbocycles. The molecule has 3 heterocycles. The summed E-state index contributed by atoms with van der Waals surface area (Å²) in [6.07, 6.45) is 2.31. The highest BCUT2D eigenvalue weighted by molar-refractivity contribution is 14.1. The summed E-state index contributed by atoms with van der Waals surface area (Å²) < 4.78 is 8.37. The molecule has 1 aliphatic rings. The van der Waals surface area contributed by atoms with Crippen molar-refractivity contribution < 1.29 is 14.3 Å². The van der Waals surface area contributed by atoms with Gasteiger partial charge in [0.1, 0.15) is 11.9 Å². The second-order valence-electron chi connectivity index (χ2n) is 8.53. The van der Waals surface area contributed by atoms with Crippen LogP contribution in [0.1, 0.15) is 48.3 Å². The third kappa shape index (κ3) is 3.80. The quantitative estimate of drug-likeness (QED) is 0.378. The van der Waals surface area contributed by atoms with E-state index in [9.17, 15) is 9.59 Å².